The molecular formula is C10H13ClN2O3. The maximum atomic E-state index is 11.9. The van der Waals surface area contributed by atoms with Gasteiger partial charge >= 0.3 is 0 Å². The van der Waals surface area contributed by atoms with Gasteiger partial charge in [-0.15, -0.1) is 0 Å². The van der Waals surface area contributed by atoms with Crippen LogP contribution in [0.2, 0.25) is 5.22 Å². The van der Waals surface area contributed by atoms with Gasteiger partial charge in [0.15, 0.2) is 11.0 Å². The van der Waals surface area contributed by atoms with Crippen molar-refractivity contribution >= 4 is 23.4 Å². The highest BCUT2D eigenvalue weighted by molar-refractivity contribution is 6.29. The van der Waals surface area contributed by atoms with Gasteiger partial charge in [0.2, 0.25) is 5.91 Å². The van der Waals surface area contributed by atoms with E-state index in [1.165, 1.54) is 17.0 Å². The average Bonchev–Trinajstić information content (AvgIpc) is 2.59. The number of nitrogens with zero attached hydrogens (tertiary/aromatic N) is 1. The molecule has 2 amide bonds. The van der Waals surface area contributed by atoms with Crippen LogP contribution >= 0.6 is 11.6 Å². The Kier molecular flexibility index (Phi) is 3.95. The van der Waals surface area contributed by atoms with Gasteiger partial charge in [0.1, 0.15) is 0 Å². The molecule has 0 aliphatic carbocycles. The Morgan fingerprint density at radius 3 is 2.50 bits per heavy atom. The second-order valence-electron chi connectivity index (χ2n) is 3.60. The molecule has 0 atom stereocenters. The topological polar surface area (TPSA) is 76.5 Å². The third-order valence-electron chi connectivity index (χ3n) is 1.99. The van der Waals surface area contributed by atoms with E-state index in [-0.39, 0.29) is 23.6 Å². The summed E-state index contributed by atoms with van der Waals surface area (Å²) in [5.74, 6) is -0.875. The predicted molar refractivity (Wildman–Crippen MR) is 59.1 cm³/mol. The summed E-state index contributed by atoms with van der Waals surface area (Å²) < 4.78 is 4.98. The summed E-state index contributed by atoms with van der Waals surface area (Å²) in [6.45, 7) is 3.42. The summed E-state index contributed by atoms with van der Waals surface area (Å²) >= 11 is 5.57. The number of furan rings is 1. The van der Waals surface area contributed by atoms with Crippen LogP contribution in [0.4, 0.5) is 0 Å². The highest BCUT2D eigenvalue weighted by Gasteiger charge is 2.22. The van der Waals surface area contributed by atoms with Gasteiger partial charge in [-0.25, -0.2) is 0 Å². The molecule has 0 radical (unpaired) electrons. The van der Waals surface area contributed by atoms with Crippen LogP contribution in [0.1, 0.15) is 24.4 Å². The second-order valence-corrected chi connectivity index (χ2v) is 3.97. The minimum Gasteiger partial charge on any atom is -0.440 e. The molecule has 1 aromatic heterocycles. The van der Waals surface area contributed by atoms with Crippen LogP contribution in [0.15, 0.2) is 16.5 Å². The molecule has 1 rings (SSSR count). The van der Waals surface area contributed by atoms with Crippen molar-refractivity contribution in [3.05, 3.63) is 23.1 Å². The molecule has 0 saturated carbocycles. The highest BCUT2D eigenvalue weighted by Crippen LogP contribution is 2.16. The lowest BCUT2D eigenvalue weighted by molar-refractivity contribution is -0.119. The summed E-state index contributed by atoms with van der Waals surface area (Å²) in [5, 5.41) is 0.131. The van der Waals surface area contributed by atoms with E-state index >= 15 is 0 Å². The molecule has 0 unspecified atom stereocenters. The quantitative estimate of drug-likeness (QED) is 0.867. The largest absolute Gasteiger partial charge is 0.440 e. The number of rotatable bonds is 4. The Morgan fingerprint density at radius 1 is 1.50 bits per heavy atom. The molecule has 88 valence electrons. The third kappa shape index (κ3) is 3.00. The van der Waals surface area contributed by atoms with Gasteiger partial charge in [0, 0.05) is 6.04 Å². The minimum atomic E-state index is -0.570. The molecule has 5 nitrogen and oxygen atoms in total. The predicted octanol–water partition coefficient (Wildman–Crippen LogP) is 1.27. The van der Waals surface area contributed by atoms with Crippen LogP contribution in [0.25, 0.3) is 0 Å². The van der Waals surface area contributed by atoms with E-state index in [2.05, 4.69) is 0 Å². The molecular weight excluding hydrogens is 232 g/mol. The van der Waals surface area contributed by atoms with E-state index in [1.54, 1.807) is 13.8 Å². The van der Waals surface area contributed by atoms with Crippen LogP contribution in [-0.2, 0) is 4.79 Å². The maximum Gasteiger partial charge on any atom is 0.290 e. The van der Waals surface area contributed by atoms with Gasteiger partial charge in [-0.05, 0) is 37.6 Å². The SMILES string of the molecule is CC(C)N(CC(N)=O)C(=O)c1ccc(Cl)o1. The summed E-state index contributed by atoms with van der Waals surface area (Å²) in [5.41, 5.74) is 5.06. The molecule has 0 saturated heterocycles. The molecule has 0 bridgehead atoms. The standard InChI is InChI=1S/C10H13ClN2O3/c1-6(2)13(5-9(12)14)10(15)7-3-4-8(11)16-7/h3-4,6H,5H2,1-2H3,(H2,12,14). The normalized spacial score (nSPS) is 10.5. The van der Waals surface area contributed by atoms with Crippen LogP contribution in [0.5, 0.6) is 0 Å². The van der Waals surface area contributed by atoms with E-state index in [0.29, 0.717) is 0 Å². The van der Waals surface area contributed by atoms with Gasteiger partial charge < -0.3 is 15.1 Å². The maximum absolute atomic E-state index is 11.9. The summed E-state index contributed by atoms with van der Waals surface area (Å²) in [6, 6.07) is 2.78. The van der Waals surface area contributed by atoms with Crippen molar-refractivity contribution in [1.29, 1.82) is 0 Å². The first-order chi connectivity index (χ1) is 7.41. The van der Waals surface area contributed by atoms with Crippen LogP contribution in [-0.4, -0.2) is 29.3 Å². The molecule has 16 heavy (non-hydrogen) atoms. The van der Waals surface area contributed by atoms with E-state index in [1.807, 2.05) is 0 Å². The van der Waals surface area contributed by atoms with Crippen LogP contribution in [0.3, 0.4) is 0 Å². The molecule has 6 heteroatoms. The monoisotopic (exact) mass is 244 g/mol. The molecule has 1 heterocycles. The van der Waals surface area contributed by atoms with Crippen LogP contribution in [0, 0.1) is 0 Å². The fourth-order valence-electron chi connectivity index (χ4n) is 1.23. The fourth-order valence-corrected chi connectivity index (χ4v) is 1.37. The molecule has 0 aliphatic heterocycles. The fraction of sp³-hybridized carbons (Fsp3) is 0.400. The van der Waals surface area contributed by atoms with Gasteiger partial charge in [-0.3, -0.25) is 9.59 Å². The number of hydrogen-bond acceptors (Lipinski definition) is 3. The number of amides is 2. The number of nitrogens with two attached hydrogens (primary N) is 1. The molecule has 0 aliphatic rings. The van der Waals surface area contributed by atoms with Crippen molar-refractivity contribution in [3.63, 3.8) is 0 Å². The number of carbonyl (C=O) groups is 2. The van der Waals surface area contributed by atoms with Gasteiger partial charge in [0.05, 0.1) is 6.54 Å². The zero-order chi connectivity index (χ0) is 12.3. The Labute approximate surface area is 98.1 Å². The molecule has 2 N–H and O–H groups in total. The Hall–Kier alpha value is -1.49. The summed E-state index contributed by atoms with van der Waals surface area (Å²) in [6.07, 6.45) is 0. The Morgan fingerprint density at radius 2 is 2.12 bits per heavy atom. The Bertz CT molecular complexity index is 401. The van der Waals surface area contributed by atoms with Gasteiger partial charge in [-0.1, -0.05) is 0 Å². The van der Waals surface area contributed by atoms with Crippen molar-refractivity contribution in [1.82, 2.24) is 4.90 Å². The van der Waals surface area contributed by atoms with Crippen molar-refractivity contribution < 1.29 is 14.0 Å². The van der Waals surface area contributed by atoms with E-state index in [9.17, 15) is 9.59 Å². The summed E-state index contributed by atoms with van der Waals surface area (Å²) in [7, 11) is 0. The molecule has 0 fully saturated rings. The van der Waals surface area contributed by atoms with Crippen molar-refractivity contribution in [3.8, 4) is 0 Å². The zero-order valence-corrected chi connectivity index (χ0v) is 9.82. The van der Waals surface area contributed by atoms with Crippen LogP contribution < -0.4 is 5.73 Å². The number of hydrogen-bond donors (Lipinski definition) is 1. The second kappa shape index (κ2) is 5.03. The lowest BCUT2D eigenvalue weighted by atomic mass is 10.2. The summed E-state index contributed by atoms with van der Waals surface area (Å²) in [4.78, 5) is 24.0. The average molecular weight is 245 g/mol. The third-order valence-corrected chi connectivity index (χ3v) is 2.20. The molecule has 0 spiro atoms. The molecule has 0 aromatic carbocycles. The molecule has 1 aromatic rings. The first kappa shape index (κ1) is 12.6. The number of primary amides is 1. The number of halogens is 1. The zero-order valence-electron chi connectivity index (χ0n) is 9.07. The Balaban J connectivity index is 2.87. The lowest BCUT2D eigenvalue weighted by Gasteiger charge is -2.24. The van der Waals surface area contributed by atoms with Gasteiger partial charge in [0.25, 0.3) is 5.91 Å². The first-order valence-corrected chi connectivity index (χ1v) is 5.14. The van der Waals surface area contributed by atoms with Crippen molar-refractivity contribution in [2.45, 2.75) is 19.9 Å². The van der Waals surface area contributed by atoms with E-state index in [4.69, 9.17) is 21.8 Å². The van der Waals surface area contributed by atoms with Gasteiger partial charge in [-0.2, -0.15) is 0 Å². The van der Waals surface area contributed by atoms with E-state index in [0.717, 1.165) is 0 Å². The van der Waals surface area contributed by atoms with E-state index < -0.39 is 11.8 Å². The first-order valence-electron chi connectivity index (χ1n) is 4.76. The smallest absolute Gasteiger partial charge is 0.290 e. The lowest BCUT2D eigenvalue weighted by Crippen LogP contribution is -2.42. The minimum absolute atomic E-state index is 0.0972. The van der Waals surface area contributed by atoms with Crippen molar-refractivity contribution in [2.24, 2.45) is 5.73 Å². The number of carbonyl (C=O) groups excluding carboxylic acids is 2. The highest BCUT2D eigenvalue weighted by atomic mass is 35.5. The van der Waals surface area contributed by atoms with Crippen molar-refractivity contribution in [2.75, 3.05) is 6.54 Å².